The van der Waals surface area contributed by atoms with E-state index in [2.05, 4.69) is 10.3 Å². The molecular weight excluding hydrogens is 303 g/mol. The van der Waals surface area contributed by atoms with Crippen molar-refractivity contribution in [3.8, 4) is 5.75 Å². The van der Waals surface area contributed by atoms with Gasteiger partial charge < -0.3 is 20.1 Å². The summed E-state index contributed by atoms with van der Waals surface area (Å²) in [6, 6.07) is 3.86. The van der Waals surface area contributed by atoms with E-state index in [9.17, 15) is 14.0 Å². The van der Waals surface area contributed by atoms with E-state index < -0.39 is 29.7 Å². The minimum atomic E-state index is -0.905. The Morgan fingerprint density at radius 3 is 2.87 bits per heavy atom. The van der Waals surface area contributed by atoms with E-state index >= 15 is 0 Å². The third kappa shape index (κ3) is 2.74. The maximum Gasteiger partial charge on any atom is 0.308 e. The molecular formula is C16H17FN2O4. The number of aromatic amines is 1. The lowest BCUT2D eigenvalue weighted by Gasteiger charge is -2.16. The minimum Gasteiger partial charge on any atom is -0.496 e. The van der Waals surface area contributed by atoms with Gasteiger partial charge in [-0.3, -0.25) is 9.59 Å². The number of nitrogens with one attached hydrogen (secondary N) is 2. The molecule has 1 fully saturated rings. The molecule has 0 aliphatic heterocycles. The smallest absolute Gasteiger partial charge is 0.308 e. The summed E-state index contributed by atoms with van der Waals surface area (Å²) >= 11 is 0. The Hall–Kier alpha value is -2.57. The van der Waals surface area contributed by atoms with Crippen molar-refractivity contribution in [2.75, 3.05) is 7.11 Å². The van der Waals surface area contributed by atoms with Crippen LogP contribution < -0.4 is 10.1 Å². The highest BCUT2D eigenvalue weighted by Crippen LogP contribution is 2.29. The number of methoxy groups -OCH3 is 1. The van der Waals surface area contributed by atoms with Crippen LogP contribution in [0.5, 0.6) is 5.75 Å². The molecule has 1 saturated carbocycles. The van der Waals surface area contributed by atoms with Crippen LogP contribution in [0.1, 0.15) is 29.8 Å². The fourth-order valence-electron chi connectivity index (χ4n) is 3.13. The zero-order valence-corrected chi connectivity index (χ0v) is 12.6. The first-order chi connectivity index (χ1) is 11.0. The van der Waals surface area contributed by atoms with Crippen LogP contribution >= 0.6 is 0 Å². The van der Waals surface area contributed by atoms with Crippen molar-refractivity contribution in [3.05, 3.63) is 29.7 Å². The molecule has 1 aromatic carbocycles. The zero-order chi connectivity index (χ0) is 16.6. The van der Waals surface area contributed by atoms with E-state index in [0.29, 0.717) is 24.0 Å². The summed E-state index contributed by atoms with van der Waals surface area (Å²) in [5, 5.41) is 12.4. The van der Waals surface area contributed by atoms with Gasteiger partial charge in [0.2, 0.25) is 0 Å². The number of amides is 1. The van der Waals surface area contributed by atoms with Crippen molar-refractivity contribution >= 4 is 22.8 Å². The predicted octanol–water partition coefficient (Wildman–Crippen LogP) is 2.30. The third-order valence-electron chi connectivity index (χ3n) is 4.32. The van der Waals surface area contributed by atoms with Crippen LogP contribution in [0.3, 0.4) is 0 Å². The molecule has 1 aromatic heterocycles. The lowest BCUT2D eigenvalue weighted by molar-refractivity contribution is -0.142. The van der Waals surface area contributed by atoms with E-state index in [0.717, 1.165) is 6.42 Å². The van der Waals surface area contributed by atoms with E-state index in [-0.39, 0.29) is 11.2 Å². The Morgan fingerprint density at radius 2 is 2.17 bits per heavy atom. The summed E-state index contributed by atoms with van der Waals surface area (Å²) in [7, 11) is 1.47. The number of carbonyl (C=O) groups is 2. The molecule has 6 nitrogen and oxygen atoms in total. The molecule has 0 unspecified atom stereocenters. The van der Waals surface area contributed by atoms with Gasteiger partial charge >= 0.3 is 5.97 Å². The maximum absolute atomic E-state index is 13.9. The van der Waals surface area contributed by atoms with Crippen molar-refractivity contribution in [2.45, 2.75) is 25.3 Å². The van der Waals surface area contributed by atoms with E-state index in [1.54, 1.807) is 0 Å². The number of hydrogen-bond donors (Lipinski definition) is 3. The van der Waals surface area contributed by atoms with Gasteiger partial charge in [-0.05, 0) is 31.0 Å². The number of halogens is 1. The van der Waals surface area contributed by atoms with Gasteiger partial charge in [0.25, 0.3) is 5.91 Å². The van der Waals surface area contributed by atoms with Gasteiger partial charge in [-0.25, -0.2) is 4.39 Å². The van der Waals surface area contributed by atoms with Crippen molar-refractivity contribution in [1.29, 1.82) is 0 Å². The van der Waals surface area contributed by atoms with Gasteiger partial charge in [0, 0.05) is 11.4 Å². The van der Waals surface area contributed by atoms with Crippen LogP contribution in [0.4, 0.5) is 4.39 Å². The summed E-state index contributed by atoms with van der Waals surface area (Å²) in [6.45, 7) is 0. The summed E-state index contributed by atoms with van der Waals surface area (Å²) < 4.78 is 19.0. The van der Waals surface area contributed by atoms with Crippen LogP contribution in [0.2, 0.25) is 0 Å². The van der Waals surface area contributed by atoms with Crippen molar-refractivity contribution in [3.63, 3.8) is 0 Å². The molecule has 23 heavy (non-hydrogen) atoms. The average Bonchev–Trinajstić information content (AvgIpc) is 3.14. The highest BCUT2D eigenvalue weighted by Gasteiger charge is 2.34. The summed E-state index contributed by atoms with van der Waals surface area (Å²) in [6.07, 6.45) is 1.94. The molecule has 2 aromatic rings. The Bertz CT molecular complexity index is 771. The number of benzene rings is 1. The van der Waals surface area contributed by atoms with Gasteiger partial charge in [0.15, 0.2) is 0 Å². The molecule has 0 saturated heterocycles. The predicted molar refractivity (Wildman–Crippen MR) is 81.0 cm³/mol. The molecule has 2 atom stereocenters. The Labute approximate surface area is 131 Å². The van der Waals surface area contributed by atoms with Crippen molar-refractivity contribution < 1.29 is 23.8 Å². The Morgan fingerprint density at radius 1 is 1.39 bits per heavy atom. The normalized spacial score (nSPS) is 20.6. The fraction of sp³-hybridized carbons (Fsp3) is 0.375. The summed E-state index contributed by atoms with van der Waals surface area (Å²) in [4.78, 5) is 26.3. The second-order valence-corrected chi connectivity index (χ2v) is 5.68. The topological polar surface area (TPSA) is 91.4 Å². The van der Waals surface area contributed by atoms with Crippen molar-refractivity contribution in [1.82, 2.24) is 10.3 Å². The molecule has 1 aliphatic rings. The first kappa shape index (κ1) is 15.3. The molecule has 0 spiro atoms. The molecule has 1 heterocycles. The van der Waals surface area contributed by atoms with Gasteiger partial charge in [-0.15, -0.1) is 0 Å². The van der Waals surface area contributed by atoms with Gasteiger partial charge in [0.1, 0.15) is 17.3 Å². The SMILES string of the molecule is COc1ccc(F)c2[nH]c(C(=O)N[C@@H]3CCC[C@@H]3C(=O)O)cc12. The highest BCUT2D eigenvalue weighted by molar-refractivity contribution is 6.00. The number of ether oxygens (including phenoxy) is 1. The summed E-state index contributed by atoms with van der Waals surface area (Å²) in [5.41, 5.74) is 0.371. The first-order valence-electron chi connectivity index (χ1n) is 7.40. The van der Waals surface area contributed by atoms with E-state index in [4.69, 9.17) is 9.84 Å². The Kier molecular flexibility index (Phi) is 3.94. The van der Waals surface area contributed by atoms with Gasteiger partial charge in [-0.2, -0.15) is 0 Å². The third-order valence-corrected chi connectivity index (χ3v) is 4.32. The zero-order valence-electron chi connectivity index (χ0n) is 12.6. The van der Waals surface area contributed by atoms with Crippen LogP contribution in [0, 0.1) is 11.7 Å². The lowest BCUT2D eigenvalue weighted by atomic mass is 10.0. The minimum absolute atomic E-state index is 0.180. The molecule has 3 N–H and O–H groups in total. The van der Waals surface area contributed by atoms with Crippen LogP contribution in [0.15, 0.2) is 18.2 Å². The molecule has 7 heteroatoms. The number of H-pyrrole nitrogens is 1. The molecule has 3 rings (SSSR count). The molecule has 122 valence electrons. The van der Waals surface area contributed by atoms with Crippen LogP contribution in [-0.2, 0) is 4.79 Å². The fourth-order valence-corrected chi connectivity index (χ4v) is 3.13. The first-order valence-corrected chi connectivity index (χ1v) is 7.40. The second kappa shape index (κ2) is 5.91. The number of fused-ring (bicyclic) bond motifs is 1. The second-order valence-electron chi connectivity index (χ2n) is 5.68. The monoisotopic (exact) mass is 320 g/mol. The number of aromatic nitrogens is 1. The molecule has 1 aliphatic carbocycles. The average molecular weight is 320 g/mol. The lowest BCUT2D eigenvalue weighted by Crippen LogP contribution is -2.40. The number of carbonyl (C=O) groups excluding carboxylic acids is 1. The molecule has 1 amide bonds. The number of hydrogen-bond acceptors (Lipinski definition) is 3. The maximum atomic E-state index is 13.9. The number of carboxylic acids is 1. The van der Waals surface area contributed by atoms with E-state index in [1.165, 1.54) is 25.3 Å². The number of rotatable bonds is 4. The van der Waals surface area contributed by atoms with Crippen LogP contribution in [-0.4, -0.2) is 35.1 Å². The van der Waals surface area contributed by atoms with Crippen molar-refractivity contribution in [2.24, 2.45) is 5.92 Å². The van der Waals surface area contributed by atoms with Gasteiger partial charge in [-0.1, -0.05) is 6.42 Å². The Balaban J connectivity index is 1.87. The van der Waals surface area contributed by atoms with E-state index in [1.807, 2.05) is 0 Å². The molecule has 0 bridgehead atoms. The van der Waals surface area contributed by atoms with Crippen LogP contribution in [0.25, 0.3) is 10.9 Å². The summed E-state index contributed by atoms with van der Waals surface area (Å²) in [5.74, 6) is -1.95. The number of aliphatic carboxylic acids is 1. The quantitative estimate of drug-likeness (QED) is 0.806. The number of carboxylic acid groups (broad SMARTS) is 1. The molecule has 0 radical (unpaired) electrons. The standard InChI is InChI=1S/C16H17FN2O4/c1-23-13-6-5-10(17)14-9(13)7-12(18-14)15(20)19-11-4-2-3-8(11)16(21)22/h5-8,11,18H,2-4H2,1H3,(H,19,20)(H,21,22)/t8-,11+/m0/s1. The highest BCUT2D eigenvalue weighted by atomic mass is 19.1. The largest absolute Gasteiger partial charge is 0.496 e. The van der Waals surface area contributed by atoms with Gasteiger partial charge in [0.05, 0.1) is 18.5 Å².